The Morgan fingerprint density at radius 1 is 0.873 bits per heavy atom. The summed E-state index contributed by atoms with van der Waals surface area (Å²) in [6, 6.07) is 13.3. The fourth-order valence-corrected chi connectivity index (χ4v) is 7.54. The number of methoxy groups -OCH3 is 1. The first-order valence-corrected chi connectivity index (χ1v) is 21.0. The van der Waals surface area contributed by atoms with Crippen molar-refractivity contribution in [1.82, 2.24) is 14.5 Å². The van der Waals surface area contributed by atoms with E-state index in [1.54, 1.807) is 31.6 Å². The van der Waals surface area contributed by atoms with Gasteiger partial charge in [0.2, 0.25) is 11.7 Å². The van der Waals surface area contributed by atoms with Crippen LogP contribution in [0.2, 0.25) is 10.0 Å². The second-order valence-electron chi connectivity index (χ2n) is 14.5. The van der Waals surface area contributed by atoms with E-state index in [9.17, 15) is 9.59 Å². The molecule has 2 fully saturated rings. The fraction of sp³-hybridized carbons (Fsp3) is 0.605. The van der Waals surface area contributed by atoms with Crippen LogP contribution in [0.25, 0.3) is 0 Å². The molecule has 0 unspecified atom stereocenters. The van der Waals surface area contributed by atoms with E-state index in [1.165, 1.54) is 84.2 Å². The van der Waals surface area contributed by atoms with Gasteiger partial charge in [-0.3, -0.25) is 9.59 Å². The minimum Gasteiger partial charge on any atom is -0.491 e. The first-order valence-electron chi connectivity index (χ1n) is 20.3. The van der Waals surface area contributed by atoms with Crippen molar-refractivity contribution in [2.45, 2.75) is 122 Å². The van der Waals surface area contributed by atoms with Gasteiger partial charge in [0.15, 0.2) is 0 Å². The van der Waals surface area contributed by atoms with E-state index in [-0.39, 0.29) is 18.0 Å². The molecule has 3 aromatic rings. The van der Waals surface area contributed by atoms with Gasteiger partial charge in [0.05, 0.1) is 31.6 Å². The number of hydrogen-bond acceptors (Lipinski definition) is 8. The molecule has 55 heavy (non-hydrogen) atoms. The van der Waals surface area contributed by atoms with Crippen molar-refractivity contribution >= 4 is 40.8 Å². The lowest BCUT2D eigenvalue weighted by Gasteiger charge is -2.35. The predicted molar refractivity (Wildman–Crippen MR) is 220 cm³/mol. The summed E-state index contributed by atoms with van der Waals surface area (Å²) < 4.78 is 25.2. The number of ether oxygens (including phenoxy) is 4. The van der Waals surface area contributed by atoms with Crippen molar-refractivity contribution in [2.75, 3.05) is 51.4 Å². The standard InChI is InChI=1S/C26H28Cl2N4O4.C17H34O2/c1-19(33)31-10-12-32(13-11-31)21-3-5-22(6-4-21)34-15-23-16-35-26(36-23,17-30-9-8-29-18-30)24-7-2-20(27)14-25(24)28;1-3-4-5-6-7-8-9-10-11-12-13-14-15-16-17(18)19-2/h2-9,14,18,23H,10-13,15-17H2,1H3;3-16H2,1-2H3/t23-,26-;/m0./s1. The molecule has 0 spiro atoms. The zero-order valence-corrected chi connectivity index (χ0v) is 34.7. The Morgan fingerprint density at radius 3 is 2.07 bits per heavy atom. The van der Waals surface area contributed by atoms with Gasteiger partial charge in [0.1, 0.15) is 18.5 Å². The first kappa shape index (κ1) is 44.4. The maximum Gasteiger partial charge on any atom is 0.305 e. The number of carbonyl (C=O) groups excluding carboxylic acids is 2. The normalized spacial score (nSPS) is 18.2. The molecule has 0 bridgehead atoms. The Labute approximate surface area is 338 Å². The Morgan fingerprint density at radius 2 is 1.51 bits per heavy atom. The minimum absolute atomic E-state index is 0.0666. The number of hydrogen-bond donors (Lipinski definition) is 0. The first-order chi connectivity index (χ1) is 26.7. The smallest absolute Gasteiger partial charge is 0.305 e. The summed E-state index contributed by atoms with van der Waals surface area (Å²) in [7, 11) is 1.46. The predicted octanol–water partition coefficient (Wildman–Crippen LogP) is 9.85. The van der Waals surface area contributed by atoms with Crippen LogP contribution in [-0.4, -0.2) is 78.9 Å². The number of unbranched alkanes of at least 4 members (excludes halogenated alkanes) is 12. The summed E-state index contributed by atoms with van der Waals surface area (Å²) in [5.74, 6) is -0.268. The molecule has 2 atom stereocenters. The molecular weight excluding hydrogens is 739 g/mol. The van der Waals surface area contributed by atoms with Crippen LogP contribution < -0.4 is 9.64 Å². The van der Waals surface area contributed by atoms with Crippen LogP contribution in [0.15, 0.2) is 61.2 Å². The summed E-state index contributed by atoms with van der Waals surface area (Å²) in [5.41, 5.74) is 1.82. The van der Waals surface area contributed by atoms with Crippen LogP contribution in [0.1, 0.15) is 109 Å². The SMILES string of the molecule is CC(=O)N1CCN(c2ccc(OC[C@H]3CO[C@](Cn4ccnc4)(c4ccc(Cl)cc4Cl)O3)cc2)CC1.CCCCCCCCCCCCCCCC(=O)OC. The molecule has 3 heterocycles. The summed E-state index contributed by atoms with van der Waals surface area (Å²) in [6.07, 6.45) is 23.0. The number of esters is 1. The van der Waals surface area contributed by atoms with Gasteiger partial charge >= 0.3 is 5.97 Å². The molecule has 0 saturated carbocycles. The highest BCUT2D eigenvalue weighted by atomic mass is 35.5. The summed E-state index contributed by atoms with van der Waals surface area (Å²) >= 11 is 12.7. The number of amides is 1. The molecule has 1 amide bonds. The highest BCUT2D eigenvalue weighted by molar-refractivity contribution is 6.35. The third-order valence-corrected chi connectivity index (χ3v) is 10.8. The highest BCUT2D eigenvalue weighted by Crippen LogP contribution is 2.40. The van der Waals surface area contributed by atoms with Gasteiger partial charge in [-0.25, -0.2) is 4.98 Å². The van der Waals surface area contributed by atoms with Crippen LogP contribution in [0.3, 0.4) is 0 Å². The minimum atomic E-state index is -1.08. The van der Waals surface area contributed by atoms with Gasteiger partial charge in [-0.1, -0.05) is 113 Å². The molecule has 10 nitrogen and oxygen atoms in total. The molecule has 304 valence electrons. The van der Waals surface area contributed by atoms with E-state index in [0.717, 1.165) is 44.0 Å². The second-order valence-corrected chi connectivity index (χ2v) is 15.4. The molecule has 0 radical (unpaired) electrons. The largest absolute Gasteiger partial charge is 0.491 e. The molecule has 1 aromatic heterocycles. The van der Waals surface area contributed by atoms with Gasteiger partial charge in [-0.15, -0.1) is 0 Å². The molecule has 2 aromatic carbocycles. The lowest BCUT2D eigenvalue weighted by molar-refractivity contribution is -0.189. The lowest BCUT2D eigenvalue weighted by Crippen LogP contribution is -2.48. The van der Waals surface area contributed by atoms with Gasteiger partial charge in [0, 0.05) is 68.2 Å². The van der Waals surface area contributed by atoms with Crippen molar-refractivity contribution in [1.29, 1.82) is 0 Å². The van der Waals surface area contributed by atoms with Crippen molar-refractivity contribution in [3.05, 3.63) is 76.8 Å². The van der Waals surface area contributed by atoms with Crippen LogP contribution in [0.4, 0.5) is 5.69 Å². The van der Waals surface area contributed by atoms with Gasteiger partial charge in [-0.05, 0) is 42.8 Å². The van der Waals surface area contributed by atoms with Crippen molar-refractivity contribution in [3.63, 3.8) is 0 Å². The van der Waals surface area contributed by atoms with Crippen LogP contribution in [0.5, 0.6) is 5.75 Å². The number of imidazole rings is 1. The molecule has 2 saturated heterocycles. The number of benzene rings is 2. The Hall–Kier alpha value is -3.31. The third kappa shape index (κ3) is 15.3. The van der Waals surface area contributed by atoms with Crippen molar-refractivity contribution < 1.29 is 28.5 Å². The average Bonchev–Trinajstić information content (AvgIpc) is 3.86. The zero-order chi connectivity index (χ0) is 39.3. The Bertz CT molecular complexity index is 1530. The van der Waals surface area contributed by atoms with Crippen LogP contribution in [0, 0.1) is 0 Å². The van der Waals surface area contributed by atoms with E-state index >= 15 is 0 Å². The second kappa shape index (κ2) is 24.4. The zero-order valence-electron chi connectivity index (χ0n) is 33.2. The third-order valence-electron chi connectivity index (χ3n) is 10.2. The summed E-state index contributed by atoms with van der Waals surface area (Å²) in [5, 5.41) is 1.02. The molecule has 0 aliphatic carbocycles. The molecule has 5 rings (SSSR count). The number of piperazine rings is 1. The highest BCUT2D eigenvalue weighted by Gasteiger charge is 2.45. The summed E-state index contributed by atoms with van der Waals surface area (Å²) in [4.78, 5) is 30.7. The van der Waals surface area contributed by atoms with Crippen LogP contribution >= 0.6 is 23.2 Å². The molecule has 12 heteroatoms. The molecule has 2 aliphatic heterocycles. The average molecular weight is 802 g/mol. The molecular formula is C43H62Cl2N4O6. The number of aromatic nitrogens is 2. The number of nitrogens with zero attached hydrogens (tertiary/aromatic N) is 4. The Kier molecular flexibility index (Phi) is 19.7. The van der Waals surface area contributed by atoms with E-state index < -0.39 is 5.79 Å². The quantitative estimate of drug-likeness (QED) is 0.0777. The van der Waals surface area contributed by atoms with E-state index in [0.29, 0.717) is 41.8 Å². The number of rotatable bonds is 21. The van der Waals surface area contributed by atoms with E-state index in [4.69, 9.17) is 37.4 Å². The van der Waals surface area contributed by atoms with Gasteiger partial charge < -0.3 is 33.3 Å². The van der Waals surface area contributed by atoms with Gasteiger partial charge in [-0.2, -0.15) is 0 Å². The van der Waals surface area contributed by atoms with Crippen molar-refractivity contribution in [2.24, 2.45) is 0 Å². The maximum atomic E-state index is 11.6. The fourth-order valence-electron chi connectivity index (χ4n) is 6.99. The van der Waals surface area contributed by atoms with Gasteiger partial charge in [0.25, 0.3) is 0 Å². The van der Waals surface area contributed by atoms with Crippen molar-refractivity contribution in [3.8, 4) is 5.75 Å². The maximum absolute atomic E-state index is 11.6. The van der Waals surface area contributed by atoms with E-state index in [2.05, 4.69) is 21.5 Å². The lowest BCUT2D eigenvalue weighted by atomic mass is 10.0. The monoisotopic (exact) mass is 800 g/mol. The molecule has 2 aliphatic rings. The number of halogens is 2. The van der Waals surface area contributed by atoms with E-state index in [1.807, 2.05) is 46.0 Å². The summed E-state index contributed by atoms with van der Waals surface area (Å²) in [6.45, 7) is 8.07. The number of carbonyl (C=O) groups is 2. The van der Waals surface area contributed by atoms with Crippen LogP contribution in [-0.2, 0) is 36.1 Å². The number of anilines is 1. The molecule has 0 N–H and O–H groups in total. The Balaban J connectivity index is 0.000000302. The topological polar surface area (TPSA) is 95.4 Å².